The highest BCUT2D eigenvalue weighted by Crippen LogP contribution is 2.33. The molecular weight excluding hydrogens is 338 g/mol. The van der Waals surface area contributed by atoms with Crippen molar-refractivity contribution < 1.29 is 14.6 Å². The summed E-state index contributed by atoms with van der Waals surface area (Å²) in [5.41, 5.74) is 1.67. The SMILES string of the molecule is O=C(O)c1ccn(Cc2cc(Br)cc3c2OCC3)c(=O)c1. The third kappa shape index (κ3) is 2.71. The second-order valence-corrected chi connectivity index (χ2v) is 5.75. The van der Waals surface area contributed by atoms with Crippen molar-refractivity contribution in [3.63, 3.8) is 0 Å². The van der Waals surface area contributed by atoms with E-state index in [1.54, 1.807) is 0 Å². The molecule has 2 aromatic rings. The van der Waals surface area contributed by atoms with Crippen molar-refractivity contribution in [3.05, 3.63) is 62.0 Å². The van der Waals surface area contributed by atoms with E-state index in [-0.39, 0.29) is 11.1 Å². The Balaban J connectivity index is 1.98. The first-order valence-electron chi connectivity index (χ1n) is 6.42. The van der Waals surface area contributed by atoms with Gasteiger partial charge in [-0.15, -0.1) is 0 Å². The fourth-order valence-electron chi connectivity index (χ4n) is 2.42. The third-order valence-corrected chi connectivity index (χ3v) is 3.87. The van der Waals surface area contributed by atoms with Crippen molar-refractivity contribution in [3.8, 4) is 5.75 Å². The van der Waals surface area contributed by atoms with Crippen LogP contribution in [0.15, 0.2) is 39.7 Å². The molecule has 108 valence electrons. The van der Waals surface area contributed by atoms with E-state index in [1.807, 2.05) is 12.1 Å². The number of hydrogen-bond acceptors (Lipinski definition) is 3. The highest BCUT2D eigenvalue weighted by Gasteiger charge is 2.18. The number of carboxylic acids is 1. The Morgan fingerprint density at radius 3 is 2.90 bits per heavy atom. The van der Waals surface area contributed by atoms with E-state index in [0.29, 0.717) is 13.2 Å². The molecule has 6 heteroatoms. The van der Waals surface area contributed by atoms with Gasteiger partial charge in [-0.05, 0) is 23.8 Å². The third-order valence-electron chi connectivity index (χ3n) is 3.41. The molecule has 0 unspecified atom stereocenters. The lowest BCUT2D eigenvalue weighted by molar-refractivity contribution is 0.0696. The Hall–Kier alpha value is -2.08. The highest BCUT2D eigenvalue weighted by molar-refractivity contribution is 9.10. The minimum absolute atomic E-state index is 0.00743. The fourth-order valence-corrected chi connectivity index (χ4v) is 2.97. The molecule has 1 aromatic heterocycles. The molecule has 0 saturated heterocycles. The predicted octanol–water partition coefficient (Wildman–Crippen LogP) is 2.29. The number of pyridine rings is 1. The number of halogens is 1. The monoisotopic (exact) mass is 349 g/mol. The Morgan fingerprint density at radius 2 is 2.19 bits per heavy atom. The van der Waals surface area contributed by atoms with Crippen LogP contribution in [0.2, 0.25) is 0 Å². The van der Waals surface area contributed by atoms with Crippen LogP contribution in [-0.4, -0.2) is 22.2 Å². The van der Waals surface area contributed by atoms with Gasteiger partial charge < -0.3 is 14.4 Å². The van der Waals surface area contributed by atoms with Gasteiger partial charge in [0.25, 0.3) is 5.56 Å². The molecule has 1 N–H and O–H groups in total. The number of nitrogens with zero attached hydrogens (tertiary/aromatic N) is 1. The van der Waals surface area contributed by atoms with Crippen LogP contribution in [0, 0.1) is 0 Å². The molecule has 0 aliphatic carbocycles. The first kappa shape index (κ1) is 13.9. The van der Waals surface area contributed by atoms with E-state index in [1.165, 1.54) is 16.8 Å². The minimum atomic E-state index is -1.11. The van der Waals surface area contributed by atoms with Gasteiger partial charge in [0.2, 0.25) is 0 Å². The largest absolute Gasteiger partial charge is 0.493 e. The van der Waals surface area contributed by atoms with Crippen LogP contribution in [0.25, 0.3) is 0 Å². The molecule has 2 heterocycles. The van der Waals surface area contributed by atoms with Crippen LogP contribution in [0.3, 0.4) is 0 Å². The highest BCUT2D eigenvalue weighted by atomic mass is 79.9. The number of fused-ring (bicyclic) bond motifs is 1. The Kier molecular flexibility index (Phi) is 3.55. The zero-order valence-corrected chi connectivity index (χ0v) is 12.6. The summed E-state index contributed by atoms with van der Waals surface area (Å²) in [4.78, 5) is 22.8. The zero-order valence-electron chi connectivity index (χ0n) is 11.0. The standard InChI is InChI=1S/C15H12BrNO4/c16-12-5-9-2-4-21-14(9)11(6-12)8-17-3-1-10(15(19)20)7-13(17)18/h1,3,5-7H,2,4,8H2,(H,19,20). The van der Waals surface area contributed by atoms with Gasteiger partial charge in [0.1, 0.15) is 5.75 Å². The Bertz CT molecular complexity index is 782. The van der Waals surface area contributed by atoms with Gasteiger partial charge in [-0.3, -0.25) is 4.79 Å². The van der Waals surface area contributed by atoms with Crippen LogP contribution in [0.1, 0.15) is 21.5 Å². The predicted molar refractivity (Wildman–Crippen MR) is 80.1 cm³/mol. The van der Waals surface area contributed by atoms with Crippen LogP contribution in [-0.2, 0) is 13.0 Å². The van der Waals surface area contributed by atoms with Crippen LogP contribution >= 0.6 is 15.9 Å². The molecule has 0 bridgehead atoms. The van der Waals surface area contributed by atoms with Crippen molar-refractivity contribution in [2.24, 2.45) is 0 Å². The maximum atomic E-state index is 12.0. The Morgan fingerprint density at radius 1 is 1.38 bits per heavy atom. The van der Waals surface area contributed by atoms with Gasteiger partial charge in [0.15, 0.2) is 0 Å². The van der Waals surface area contributed by atoms with Gasteiger partial charge in [0.05, 0.1) is 18.7 Å². The average molecular weight is 350 g/mol. The average Bonchev–Trinajstić information content (AvgIpc) is 2.88. The normalized spacial score (nSPS) is 12.8. The second kappa shape index (κ2) is 5.37. The number of carboxylic acid groups (broad SMARTS) is 1. The molecular formula is C15H12BrNO4. The minimum Gasteiger partial charge on any atom is -0.493 e. The first-order chi connectivity index (χ1) is 10.0. The molecule has 0 atom stereocenters. The summed E-state index contributed by atoms with van der Waals surface area (Å²) >= 11 is 3.46. The summed E-state index contributed by atoms with van der Waals surface area (Å²) in [7, 11) is 0. The van der Waals surface area contributed by atoms with E-state index < -0.39 is 5.97 Å². The number of aromatic carboxylic acids is 1. The molecule has 3 rings (SSSR count). The van der Waals surface area contributed by atoms with E-state index in [2.05, 4.69) is 15.9 Å². The number of rotatable bonds is 3. The molecule has 1 aliphatic rings. The molecule has 0 spiro atoms. The van der Waals surface area contributed by atoms with Crippen molar-refractivity contribution in [2.75, 3.05) is 6.61 Å². The zero-order chi connectivity index (χ0) is 15.0. The molecule has 5 nitrogen and oxygen atoms in total. The number of hydrogen-bond donors (Lipinski definition) is 1. The summed E-state index contributed by atoms with van der Waals surface area (Å²) in [6.45, 7) is 0.992. The van der Waals surface area contributed by atoms with Crippen LogP contribution < -0.4 is 10.3 Å². The molecule has 0 fully saturated rings. The molecule has 1 aliphatic heterocycles. The van der Waals surface area contributed by atoms with E-state index in [9.17, 15) is 9.59 Å². The van der Waals surface area contributed by atoms with Crippen molar-refractivity contribution in [1.82, 2.24) is 4.57 Å². The molecule has 0 radical (unpaired) electrons. The number of aromatic nitrogens is 1. The molecule has 21 heavy (non-hydrogen) atoms. The summed E-state index contributed by atoms with van der Waals surface area (Å²) in [6.07, 6.45) is 2.35. The maximum Gasteiger partial charge on any atom is 0.335 e. The lowest BCUT2D eigenvalue weighted by Gasteiger charge is -2.11. The van der Waals surface area contributed by atoms with Crippen molar-refractivity contribution >= 4 is 21.9 Å². The van der Waals surface area contributed by atoms with Crippen LogP contribution in [0.4, 0.5) is 0 Å². The lowest BCUT2D eigenvalue weighted by atomic mass is 10.1. The van der Waals surface area contributed by atoms with E-state index >= 15 is 0 Å². The summed E-state index contributed by atoms with van der Waals surface area (Å²) < 4.78 is 8.04. The van der Waals surface area contributed by atoms with Gasteiger partial charge >= 0.3 is 5.97 Å². The first-order valence-corrected chi connectivity index (χ1v) is 7.22. The van der Waals surface area contributed by atoms with Gasteiger partial charge in [-0.25, -0.2) is 4.79 Å². The Labute approximate surface area is 128 Å². The van der Waals surface area contributed by atoms with Crippen LogP contribution in [0.5, 0.6) is 5.75 Å². The quantitative estimate of drug-likeness (QED) is 0.922. The molecule has 0 saturated carbocycles. The molecule has 1 aromatic carbocycles. The lowest BCUT2D eigenvalue weighted by Crippen LogP contribution is -2.21. The summed E-state index contributed by atoms with van der Waals surface area (Å²) in [6, 6.07) is 6.48. The van der Waals surface area contributed by atoms with Gasteiger partial charge in [-0.1, -0.05) is 15.9 Å². The second-order valence-electron chi connectivity index (χ2n) is 4.84. The fraction of sp³-hybridized carbons (Fsp3) is 0.200. The van der Waals surface area contributed by atoms with Gasteiger partial charge in [0, 0.05) is 28.7 Å². The smallest absolute Gasteiger partial charge is 0.335 e. The van der Waals surface area contributed by atoms with Crippen molar-refractivity contribution in [2.45, 2.75) is 13.0 Å². The topological polar surface area (TPSA) is 68.5 Å². The number of carbonyl (C=O) groups is 1. The summed E-state index contributed by atoms with van der Waals surface area (Å²) in [5, 5.41) is 8.88. The number of benzene rings is 1. The molecule has 0 amide bonds. The maximum absolute atomic E-state index is 12.0. The van der Waals surface area contributed by atoms with Gasteiger partial charge in [-0.2, -0.15) is 0 Å². The number of ether oxygens (including phenoxy) is 1. The van der Waals surface area contributed by atoms with E-state index in [4.69, 9.17) is 9.84 Å². The van der Waals surface area contributed by atoms with Crippen molar-refractivity contribution in [1.29, 1.82) is 0 Å². The summed E-state index contributed by atoms with van der Waals surface area (Å²) in [5.74, 6) is -0.279. The van der Waals surface area contributed by atoms with E-state index in [0.717, 1.165) is 33.8 Å².